The zero-order valence-electron chi connectivity index (χ0n) is 15.6. The Morgan fingerprint density at radius 2 is 1.97 bits per heavy atom. The predicted molar refractivity (Wildman–Crippen MR) is 114 cm³/mol. The number of hydrogen-bond acceptors (Lipinski definition) is 7. The average molecular weight is 424 g/mol. The van der Waals surface area contributed by atoms with Crippen molar-refractivity contribution in [2.75, 3.05) is 5.73 Å². The summed E-state index contributed by atoms with van der Waals surface area (Å²) in [6.07, 6.45) is 4.48. The lowest BCUT2D eigenvalue weighted by Crippen LogP contribution is -2.30. The summed E-state index contributed by atoms with van der Waals surface area (Å²) in [5.41, 5.74) is 8.10. The van der Waals surface area contributed by atoms with Gasteiger partial charge >= 0.3 is 0 Å². The number of halogens is 1. The molecule has 0 unspecified atom stereocenters. The van der Waals surface area contributed by atoms with Crippen LogP contribution in [0, 0.1) is 0 Å². The van der Waals surface area contributed by atoms with E-state index < -0.39 is 24.5 Å². The number of benzene rings is 1. The Morgan fingerprint density at radius 3 is 2.83 bits per heavy atom. The molecule has 4 heterocycles. The van der Waals surface area contributed by atoms with Crippen molar-refractivity contribution in [3.8, 4) is 0 Å². The monoisotopic (exact) mass is 423 g/mol. The molecule has 1 aliphatic rings. The standard InChI is InChI=1S/C21H18ClN5O3/c22-13-8-12-3-1-11(7-15(12)24-9-13)2-4-16-17(28)18(29)21(30-16)27-6-5-14-19(23)25-10-26-20(14)27/h1-10,16-18,21,28-29H,(H2,23,25,26)/b4-2+/t16-,17-,18-,21-/m1/s1. The van der Waals surface area contributed by atoms with Gasteiger partial charge in [-0.15, -0.1) is 0 Å². The minimum atomic E-state index is -1.13. The van der Waals surface area contributed by atoms with Crippen LogP contribution in [0.4, 0.5) is 5.82 Å². The molecule has 4 atom stereocenters. The van der Waals surface area contributed by atoms with Crippen molar-refractivity contribution < 1.29 is 14.9 Å². The third-order valence-corrected chi connectivity index (χ3v) is 5.45. The third-order valence-electron chi connectivity index (χ3n) is 5.24. The lowest BCUT2D eigenvalue weighted by molar-refractivity contribution is -0.0240. The maximum atomic E-state index is 10.6. The number of anilines is 1. The van der Waals surface area contributed by atoms with Crippen molar-refractivity contribution in [1.82, 2.24) is 19.5 Å². The van der Waals surface area contributed by atoms with Crippen LogP contribution >= 0.6 is 11.6 Å². The van der Waals surface area contributed by atoms with Gasteiger partial charge in [-0.1, -0.05) is 35.9 Å². The smallest absolute Gasteiger partial charge is 0.164 e. The van der Waals surface area contributed by atoms with Gasteiger partial charge in [-0.05, 0) is 23.8 Å². The van der Waals surface area contributed by atoms with Crippen LogP contribution < -0.4 is 5.73 Å². The van der Waals surface area contributed by atoms with Crippen LogP contribution in [0.5, 0.6) is 0 Å². The van der Waals surface area contributed by atoms with Gasteiger partial charge in [-0.25, -0.2) is 9.97 Å². The van der Waals surface area contributed by atoms with E-state index in [2.05, 4.69) is 15.0 Å². The van der Waals surface area contributed by atoms with Crippen LogP contribution in [0.3, 0.4) is 0 Å². The van der Waals surface area contributed by atoms with Gasteiger partial charge in [-0.3, -0.25) is 4.98 Å². The number of ether oxygens (including phenoxy) is 1. The van der Waals surface area contributed by atoms with Gasteiger partial charge < -0.3 is 25.3 Å². The zero-order chi connectivity index (χ0) is 20.8. The molecular formula is C21H18ClN5O3. The first-order chi connectivity index (χ1) is 14.5. The number of aromatic nitrogens is 4. The Balaban J connectivity index is 1.40. The Labute approximate surface area is 176 Å². The second-order valence-corrected chi connectivity index (χ2v) is 7.59. The van der Waals surface area contributed by atoms with Crippen LogP contribution in [0.15, 0.2) is 55.1 Å². The highest BCUT2D eigenvalue weighted by atomic mass is 35.5. The second-order valence-electron chi connectivity index (χ2n) is 7.16. The van der Waals surface area contributed by atoms with Crippen LogP contribution in [0.1, 0.15) is 11.8 Å². The first-order valence-electron chi connectivity index (χ1n) is 9.33. The molecule has 0 saturated carbocycles. The van der Waals surface area contributed by atoms with E-state index in [4.69, 9.17) is 22.1 Å². The molecule has 0 bridgehead atoms. The molecule has 0 aliphatic carbocycles. The summed E-state index contributed by atoms with van der Waals surface area (Å²) in [4.78, 5) is 12.5. The van der Waals surface area contributed by atoms with E-state index in [9.17, 15) is 10.2 Å². The number of fused-ring (bicyclic) bond motifs is 2. The zero-order valence-corrected chi connectivity index (χ0v) is 16.4. The van der Waals surface area contributed by atoms with Crippen molar-refractivity contribution in [2.24, 2.45) is 0 Å². The molecule has 5 rings (SSSR count). The normalized spacial score (nSPS) is 24.4. The van der Waals surface area contributed by atoms with Crippen LogP contribution in [-0.4, -0.2) is 48.0 Å². The number of nitrogens with zero attached hydrogens (tertiary/aromatic N) is 4. The molecule has 8 nitrogen and oxygen atoms in total. The van der Waals surface area contributed by atoms with Gasteiger partial charge in [0.25, 0.3) is 0 Å². The number of nitrogens with two attached hydrogens (primary N) is 1. The maximum Gasteiger partial charge on any atom is 0.164 e. The molecule has 152 valence electrons. The minimum absolute atomic E-state index is 0.342. The summed E-state index contributed by atoms with van der Waals surface area (Å²) in [6.45, 7) is 0. The molecule has 9 heteroatoms. The number of nitrogen functional groups attached to an aromatic ring is 1. The van der Waals surface area contributed by atoms with Crippen LogP contribution in [0.2, 0.25) is 5.02 Å². The molecule has 4 aromatic rings. The molecule has 30 heavy (non-hydrogen) atoms. The van der Waals surface area contributed by atoms with Crippen molar-refractivity contribution in [3.63, 3.8) is 0 Å². The lowest BCUT2D eigenvalue weighted by Gasteiger charge is -2.17. The quantitative estimate of drug-likeness (QED) is 0.463. The molecular weight excluding hydrogens is 406 g/mol. The molecule has 1 fully saturated rings. The fourth-order valence-corrected chi connectivity index (χ4v) is 3.86. The van der Waals surface area contributed by atoms with Crippen molar-refractivity contribution >= 4 is 45.4 Å². The SMILES string of the molecule is Nc1ncnc2c1ccn2[C@@H]1O[C@H](/C=C/c2ccc3cc(Cl)cnc3c2)[C@@H](O)[C@H]1O. The number of rotatable bonds is 3. The minimum Gasteiger partial charge on any atom is -0.387 e. The number of pyridine rings is 1. The maximum absolute atomic E-state index is 10.6. The second kappa shape index (κ2) is 7.33. The molecule has 1 aromatic carbocycles. The Bertz CT molecular complexity index is 1270. The van der Waals surface area contributed by atoms with Crippen molar-refractivity contribution in [3.05, 3.63) is 65.7 Å². The Morgan fingerprint density at radius 1 is 1.10 bits per heavy atom. The van der Waals surface area contributed by atoms with Gasteiger partial charge in [0.2, 0.25) is 0 Å². The van der Waals surface area contributed by atoms with E-state index in [0.29, 0.717) is 21.9 Å². The first kappa shape index (κ1) is 19.0. The molecule has 1 aliphatic heterocycles. The largest absolute Gasteiger partial charge is 0.387 e. The highest BCUT2D eigenvalue weighted by Crippen LogP contribution is 2.33. The third kappa shape index (κ3) is 3.20. The van der Waals surface area contributed by atoms with Crippen LogP contribution in [-0.2, 0) is 4.74 Å². The topological polar surface area (TPSA) is 119 Å². The summed E-state index contributed by atoms with van der Waals surface area (Å²) in [7, 11) is 0. The van der Waals surface area contributed by atoms with Gasteiger partial charge in [0.05, 0.1) is 15.9 Å². The fraction of sp³-hybridized carbons (Fsp3) is 0.190. The highest BCUT2D eigenvalue weighted by Gasteiger charge is 2.42. The summed E-state index contributed by atoms with van der Waals surface area (Å²) >= 11 is 5.98. The van der Waals surface area contributed by atoms with Gasteiger partial charge in [0.1, 0.15) is 36.1 Å². The van der Waals surface area contributed by atoms with E-state index in [1.807, 2.05) is 30.3 Å². The predicted octanol–water partition coefficient (Wildman–Crippen LogP) is 2.55. The van der Waals surface area contributed by atoms with Crippen LogP contribution in [0.25, 0.3) is 28.0 Å². The molecule has 0 radical (unpaired) electrons. The van der Waals surface area contributed by atoms with Gasteiger partial charge in [0, 0.05) is 17.8 Å². The van der Waals surface area contributed by atoms with E-state index in [1.54, 1.807) is 29.1 Å². The number of aliphatic hydroxyl groups excluding tert-OH is 2. The summed E-state index contributed by atoms with van der Waals surface area (Å²) in [6, 6.07) is 9.36. The Hall–Kier alpha value is -3.04. The van der Waals surface area contributed by atoms with E-state index in [1.165, 1.54) is 6.33 Å². The fourth-order valence-electron chi connectivity index (χ4n) is 3.69. The number of aliphatic hydroxyl groups is 2. The van der Waals surface area contributed by atoms with E-state index in [-0.39, 0.29) is 0 Å². The first-order valence-corrected chi connectivity index (χ1v) is 9.71. The van der Waals surface area contributed by atoms with Gasteiger partial charge in [-0.2, -0.15) is 0 Å². The molecule has 3 aromatic heterocycles. The summed E-state index contributed by atoms with van der Waals surface area (Å²) < 4.78 is 7.60. The summed E-state index contributed by atoms with van der Waals surface area (Å²) in [5.74, 6) is 0.342. The lowest BCUT2D eigenvalue weighted by atomic mass is 10.1. The van der Waals surface area contributed by atoms with Crippen molar-refractivity contribution in [1.29, 1.82) is 0 Å². The van der Waals surface area contributed by atoms with Crippen molar-refractivity contribution in [2.45, 2.75) is 24.5 Å². The van der Waals surface area contributed by atoms with Gasteiger partial charge in [0.15, 0.2) is 6.23 Å². The van der Waals surface area contributed by atoms with E-state index >= 15 is 0 Å². The average Bonchev–Trinajstić information content (AvgIpc) is 3.29. The molecule has 1 saturated heterocycles. The van der Waals surface area contributed by atoms with E-state index in [0.717, 1.165) is 16.5 Å². The molecule has 0 amide bonds. The highest BCUT2D eigenvalue weighted by molar-refractivity contribution is 6.31. The summed E-state index contributed by atoms with van der Waals surface area (Å²) in [5, 5.41) is 23.3. The number of hydrogen-bond donors (Lipinski definition) is 3. The molecule has 4 N–H and O–H groups in total. The molecule has 0 spiro atoms. The Kier molecular flexibility index (Phi) is 4.63.